The Labute approximate surface area is 202 Å². The Morgan fingerprint density at radius 1 is 0.794 bits per heavy atom. The lowest BCUT2D eigenvalue weighted by Gasteiger charge is -2.30. The summed E-state index contributed by atoms with van der Waals surface area (Å²) < 4.78 is 14.8. The largest absolute Gasteiger partial charge is 0.371 e. The SMILES string of the molecule is Fc1ccc(Cl)cc1-c1cc(-c2ccc(N3CCCCC3)c3cnccc23)c2cccnc2n1. The predicted molar refractivity (Wildman–Crippen MR) is 137 cm³/mol. The molecule has 1 aliphatic heterocycles. The maximum absolute atomic E-state index is 14.8. The van der Waals surface area contributed by atoms with Gasteiger partial charge in [0.25, 0.3) is 0 Å². The Kier molecular flexibility index (Phi) is 5.34. The van der Waals surface area contributed by atoms with Crippen molar-refractivity contribution in [2.24, 2.45) is 0 Å². The molecule has 6 rings (SSSR count). The van der Waals surface area contributed by atoms with Crippen molar-refractivity contribution in [3.05, 3.63) is 84.0 Å². The number of hydrogen-bond acceptors (Lipinski definition) is 4. The predicted octanol–water partition coefficient (Wildman–Crippen LogP) is 7.29. The lowest BCUT2D eigenvalue weighted by molar-refractivity contribution is 0.579. The van der Waals surface area contributed by atoms with E-state index >= 15 is 0 Å². The van der Waals surface area contributed by atoms with Gasteiger partial charge in [-0.15, -0.1) is 0 Å². The number of rotatable bonds is 3. The number of anilines is 1. The van der Waals surface area contributed by atoms with Crippen molar-refractivity contribution in [2.45, 2.75) is 19.3 Å². The minimum atomic E-state index is -0.368. The molecule has 1 saturated heterocycles. The van der Waals surface area contributed by atoms with Crippen molar-refractivity contribution in [3.63, 3.8) is 0 Å². The van der Waals surface area contributed by atoms with Gasteiger partial charge in [0, 0.05) is 58.7 Å². The summed E-state index contributed by atoms with van der Waals surface area (Å²) in [6, 6.07) is 16.8. The Balaban J connectivity index is 1.61. The fourth-order valence-electron chi connectivity index (χ4n) is 4.93. The third-order valence-corrected chi connectivity index (χ3v) is 6.81. The molecule has 0 amide bonds. The normalized spacial score (nSPS) is 14.1. The first-order valence-electron chi connectivity index (χ1n) is 11.5. The van der Waals surface area contributed by atoms with Crippen molar-refractivity contribution in [2.75, 3.05) is 18.0 Å². The zero-order valence-corrected chi connectivity index (χ0v) is 19.3. The van der Waals surface area contributed by atoms with E-state index in [2.05, 4.69) is 38.1 Å². The van der Waals surface area contributed by atoms with E-state index in [1.807, 2.05) is 30.6 Å². The molecule has 0 unspecified atom stereocenters. The molecule has 0 bridgehead atoms. The fraction of sp³-hybridized carbons (Fsp3) is 0.179. The van der Waals surface area contributed by atoms with E-state index in [4.69, 9.17) is 11.6 Å². The molecule has 4 nitrogen and oxygen atoms in total. The van der Waals surface area contributed by atoms with Crippen molar-refractivity contribution in [1.29, 1.82) is 0 Å². The Bertz CT molecular complexity index is 1530. The van der Waals surface area contributed by atoms with Crippen LogP contribution in [0.15, 0.2) is 73.2 Å². The lowest BCUT2D eigenvalue weighted by Crippen LogP contribution is -2.29. The molecular weight excluding hydrogens is 447 g/mol. The molecule has 4 heterocycles. The van der Waals surface area contributed by atoms with Crippen LogP contribution in [0.4, 0.5) is 10.1 Å². The first-order valence-corrected chi connectivity index (χ1v) is 11.9. The van der Waals surface area contributed by atoms with Gasteiger partial charge in [-0.2, -0.15) is 0 Å². The second kappa shape index (κ2) is 8.65. The third kappa shape index (κ3) is 3.66. The molecule has 2 aromatic carbocycles. The van der Waals surface area contributed by atoms with Crippen LogP contribution in [-0.4, -0.2) is 28.0 Å². The second-order valence-corrected chi connectivity index (χ2v) is 9.09. The molecule has 6 heteroatoms. The van der Waals surface area contributed by atoms with E-state index in [-0.39, 0.29) is 5.82 Å². The van der Waals surface area contributed by atoms with Gasteiger partial charge in [-0.05, 0) is 84.3 Å². The average molecular weight is 469 g/mol. The highest BCUT2D eigenvalue weighted by molar-refractivity contribution is 6.30. The maximum Gasteiger partial charge on any atom is 0.160 e. The maximum atomic E-state index is 14.8. The van der Waals surface area contributed by atoms with Crippen LogP contribution >= 0.6 is 11.6 Å². The van der Waals surface area contributed by atoms with Gasteiger partial charge in [0.2, 0.25) is 0 Å². The van der Waals surface area contributed by atoms with Crippen molar-refractivity contribution in [1.82, 2.24) is 15.0 Å². The fourth-order valence-corrected chi connectivity index (χ4v) is 5.10. The van der Waals surface area contributed by atoms with Gasteiger partial charge in [-0.25, -0.2) is 14.4 Å². The molecule has 0 radical (unpaired) electrons. The van der Waals surface area contributed by atoms with E-state index < -0.39 is 0 Å². The van der Waals surface area contributed by atoms with Crippen LogP contribution in [0.5, 0.6) is 0 Å². The summed E-state index contributed by atoms with van der Waals surface area (Å²) in [5.41, 5.74) is 4.64. The third-order valence-electron chi connectivity index (χ3n) is 6.57. The molecule has 0 N–H and O–H groups in total. The van der Waals surface area contributed by atoms with Crippen LogP contribution in [0.1, 0.15) is 19.3 Å². The van der Waals surface area contributed by atoms with Crippen LogP contribution in [0.3, 0.4) is 0 Å². The van der Waals surface area contributed by atoms with Crippen LogP contribution in [0.2, 0.25) is 5.02 Å². The minimum Gasteiger partial charge on any atom is -0.371 e. The highest BCUT2D eigenvalue weighted by Gasteiger charge is 2.19. The van der Waals surface area contributed by atoms with E-state index in [9.17, 15) is 4.39 Å². The highest BCUT2D eigenvalue weighted by Crippen LogP contribution is 2.39. The number of nitrogens with zero attached hydrogens (tertiary/aromatic N) is 4. The Morgan fingerprint density at radius 2 is 1.68 bits per heavy atom. The summed E-state index contributed by atoms with van der Waals surface area (Å²) in [6.07, 6.45) is 9.17. The molecule has 0 aliphatic carbocycles. The monoisotopic (exact) mass is 468 g/mol. The van der Waals surface area contributed by atoms with Crippen LogP contribution in [0, 0.1) is 5.82 Å². The number of benzene rings is 2. The van der Waals surface area contributed by atoms with Gasteiger partial charge in [0.15, 0.2) is 5.65 Å². The summed E-state index contributed by atoms with van der Waals surface area (Å²) in [5.74, 6) is -0.368. The van der Waals surface area contributed by atoms with Crippen LogP contribution < -0.4 is 4.90 Å². The summed E-state index contributed by atoms with van der Waals surface area (Å²) in [6.45, 7) is 2.12. The smallest absolute Gasteiger partial charge is 0.160 e. The summed E-state index contributed by atoms with van der Waals surface area (Å²) in [4.78, 5) is 16.1. The molecule has 0 atom stereocenters. The van der Waals surface area contributed by atoms with Crippen molar-refractivity contribution in [3.8, 4) is 22.4 Å². The van der Waals surface area contributed by atoms with Crippen molar-refractivity contribution < 1.29 is 4.39 Å². The standard InChI is InChI=1S/C28H22ClFN4/c29-18-6-8-25(30)23(15-18)26-16-22(21-5-4-11-32-28(21)33-26)19-7-9-27(34-13-2-1-3-14-34)24-17-31-12-10-20(19)24/h4-12,15-17H,1-3,13-14H2. The summed E-state index contributed by atoms with van der Waals surface area (Å²) >= 11 is 6.19. The van der Waals surface area contributed by atoms with Crippen molar-refractivity contribution >= 4 is 39.1 Å². The topological polar surface area (TPSA) is 41.9 Å². The minimum absolute atomic E-state index is 0.359. The lowest BCUT2D eigenvalue weighted by atomic mass is 9.94. The highest BCUT2D eigenvalue weighted by atomic mass is 35.5. The number of fused-ring (bicyclic) bond motifs is 2. The summed E-state index contributed by atoms with van der Waals surface area (Å²) in [5, 5.41) is 3.60. The zero-order chi connectivity index (χ0) is 23.1. The van der Waals surface area contributed by atoms with Gasteiger partial charge in [0.1, 0.15) is 5.82 Å². The van der Waals surface area contributed by atoms with Gasteiger partial charge in [-0.3, -0.25) is 4.98 Å². The molecule has 34 heavy (non-hydrogen) atoms. The van der Waals surface area contributed by atoms with Gasteiger partial charge in [0.05, 0.1) is 5.69 Å². The Hall–Kier alpha value is -3.57. The molecular formula is C28H22ClFN4. The molecule has 5 aromatic rings. The second-order valence-electron chi connectivity index (χ2n) is 8.66. The van der Waals surface area contributed by atoms with E-state index in [1.165, 1.54) is 31.0 Å². The molecule has 1 aliphatic rings. The van der Waals surface area contributed by atoms with E-state index in [0.29, 0.717) is 21.9 Å². The molecule has 0 saturated carbocycles. The zero-order valence-electron chi connectivity index (χ0n) is 18.5. The molecule has 0 spiro atoms. The number of aromatic nitrogens is 3. The Morgan fingerprint density at radius 3 is 2.56 bits per heavy atom. The first-order chi connectivity index (χ1) is 16.7. The number of halogens is 2. The molecule has 168 valence electrons. The van der Waals surface area contributed by atoms with Gasteiger partial charge >= 0.3 is 0 Å². The van der Waals surface area contributed by atoms with Crippen LogP contribution in [0.25, 0.3) is 44.2 Å². The van der Waals surface area contributed by atoms with Gasteiger partial charge < -0.3 is 4.90 Å². The molecule has 1 fully saturated rings. The number of pyridine rings is 3. The number of piperidine rings is 1. The van der Waals surface area contributed by atoms with Crippen LogP contribution in [-0.2, 0) is 0 Å². The van der Waals surface area contributed by atoms with Gasteiger partial charge in [-0.1, -0.05) is 17.7 Å². The van der Waals surface area contributed by atoms with E-state index in [1.54, 1.807) is 18.3 Å². The van der Waals surface area contributed by atoms with E-state index in [0.717, 1.165) is 40.4 Å². The quantitative estimate of drug-likeness (QED) is 0.278. The summed E-state index contributed by atoms with van der Waals surface area (Å²) in [7, 11) is 0. The number of hydrogen-bond donors (Lipinski definition) is 0. The molecule has 3 aromatic heterocycles. The first kappa shape index (κ1) is 21.0. The average Bonchev–Trinajstić information content (AvgIpc) is 2.89.